The molecule has 0 atom stereocenters. The number of methoxy groups -OCH3 is 4. The average Bonchev–Trinajstić information content (AvgIpc) is 1.64. The molecule has 13 aromatic carbocycles. The van der Waals surface area contributed by atoms with Crippen LogP contribution in [0.4, 0.5) is 34.1 Å². The van der Waals surface area contributed by atoms with Gasteiger partial charge < -0.3 is 33.3 Å². The molecule has 0 N–H and O–H groups in total. The van der Waals surface area contributed by atoms with E-state index in [0.717, 1.165) is 134 Å². The molecule has 14 aromatic rings. The zero-order valence-corrected chi connectivity index (χ0v) is 67.1. The van der Waals surface area contributed by atoms with Crippen molar-refractivity contribution in [3.63, 3.8) is 0 Å². The van der Waals surface area contributed by atoms with Crippen molar-refractivity contribution in [1.82, 2.24) is 4.57 Å². The minimum absolute atomic E-state index is 0.103. The third-order valence-corrected chi connectivity index (χ3v) is 22.6. The second-order valence-electron chi connectivity index (χ2n) is 35.0. The van der Waals surface area contributed by atoms with Crippen molar-refractivity contribution >= 4 is 79.0 Å². The fraction of sp³-hybridized carbons (Fsp3) is 0.235. The average molecular weight is 1450 g/mol. The Morgan fingerprint density at radius 3 is 1.00 bits per heavy atom. The van der Waals surface area contributed by atoms with E-state index >= 15 is 0 Å². The first-order valence-electron chi connectivity index (χ1n) is 40.4. The molecule has 0 bridgehead atoms. The molecule has 110 heavy (non-hydrogen) atoms. The van der Waals surface area contributed by atoms with Crippen LogP contribution in [0.25, 0.3) is 94.3 Å². The summed E-state index contributed by atoms with van der Waals surface area (Å²) >= 11 is 0. The van der Waals surface area contributed by atoms with Crippen molar-refractivity contribution in [3.8, 4) is 95.4 Å². The minimum Gasteiger partial charge on any atom is -0.497 e. The summed E-state index contributed by atoms with van der Waals surface area (Å²) in [4.78, 5) is 5.03. The zero-order valence-electron chi connectivity index (χ0n) is 71.1. The van der Waals surface area contributed by atoms with Gasteiger partial charge in [0, 0.05) is 55.8 Å². The second kappa shape index (κ2) is 27.3. The first-order chi connectivity index (χ1) is 54.1. The van der Waals surface area contributed by atoms with Crippen molar-refractivity contribution in [2.75, 3.05) is 38.2 Å². The Kier molecular flexibility index (Phi) is 16.8. The van der Waals surface area contributed by atoms with Crippen LogP contribution >= 0.6 is 0 Å². The van der Waals surface area contributed by atoms with E-state index < -0.39 is 6.71 Å². The predicted octanol–water partition coefficient (Wildman–Crippen LogP) is 25.4. The summed E-state index contributed by atoms with van der Waals surface area (Å²) < 4.78 is 66.2. The Hall–Kier alpha value is -11.5. The van der Waals surface area contributed by atoms with E-state index in [1.54, 1.807) is 28.4 Å². The van der Waals surface area contributed by atoms with E-state index in [0.29, 0.717) is 39.6 Å². The lowest BCUT2D eigenvalue weighted by molar-refractivity contribution is 0.415. The standard InChI is InChI=1S/C102H100BN3O4/c1-98(2,3)71-44-47-90-86(60-71)85-36-20-21-41-89(85)104(90)76-61-93-95-94(62-76)106(97-83(67-30-24-34-79(54-67)109-18)39-27-40-84(97)68-31-25-35-80(55-68)110-19)92-46-43-64(70-50-74(101(10,11)12)59-75(51-70)102(13,14)15)57-88(92)103(95)87-56-63(69-48-72(99(4,5)6)58-73(49-69)100(7,8)9)42-45-91(87)105(93)96-81(65-28-22-32-77(52-65)107-16)37-26-38-82(96)66-29-23-33-78(53-66)108-17/h20-62H,1-19H3/i20D,21D,36D,41D. The fourth-order valence-electron chi connectivity index (χ4n) is 16.4. The van der Waals surface area contributed by atoms with Crippen LogP contribution in [0, 0.1) is 0 Å². The Balaban J connectivity index is 1.16. The highest BCUT2D eigenvalue weighted by Gasteiger charge is 2.46. The Labute approximate surface area is 657 Å². The van der Waals surface area contributed by atoms with E-state index in [1.807, 2.05) is 24.3 Å². The normalized spacial score (nSPS) is 13.5. The lowest BCUT2D eigenvalue weighted by Crippen LogP contribution is -2.61. The molecule has 0 spiro atoms. The topological polar surface area (TPSA) is 48.3 Å². The smallest absolute Gasteiger partial charge is 0.252 e. The number of nitrogens with zero attached hydrogens (tertiary/aromatic N) is 3. The number of hydrogen-bond acceptors (Lipinski definition) is 6. The van der Waals surface area contributed by atoms with E-state index in [-0.39, 0.29) is 51.2 Å². The molecule has 0 amide bonds. The number of para-hydroxylation sites is 3. The maximum atomic E-state index is 10.3. The number of hydrogen-bond donors (Lipinski definition) is 0. The predicted molar refractivity (Wildman–Crippen MR) is 467 cm³/mol. The SMILES string of the molecule is [2H]c1c([2H])c([2H])c2c(c1[2H])c1cc(C(C)(C)C)ccc1n2-c1cc2c3c(c1)N(c1c(-c4cccc(OC)c4)cccc1-c1cccc(OC)c1)c1ccc(-c4cc(C(C)(C)C)cc(C(C)(C)C)c4)cc1B3c1cc(-c3cc(C(C)(C)C)cc(C(C)(C)C)c3)ccc1N2c1c(-c2cccc(OC)c2)cccc1-c1cccc(OC)c1. The summed E-state index contributed by atoms with van der Waals surface area (Å²) in [6.07, 6.45) is 0. The zero-order chi connectivity index (χ0) is 80.7. The monoisotopic (exact) mass is 1450 g/mol. The summed E-state index contributed by atoms with van der Waals surface area (Å²) in [6.45, 7) is 33.8. The van der Waals surface area contributed by atoms with E-state index in [4.69, 9.17) is 18.9 Å². The van der Waals surface area contributed by atoms with E-state index in [2.05, 4.69) is 331 Å². The van der Waals surface area contributed by atoms with Crippen LogP contribution in [-0.2, 0) is 27.1 Å². The minimum atomic E-state index is -0.500. The molecule has 16 rings (SSSR count). The first-order valence-corrected chi connectivity index (χ1v) is 38.4. The van der Waals surface area contributed by atoms with Crippen LogP contribution in [0.2, 0.25) is 0 Å². The van der Waals surface area contributed by atoms with Gasteiger partial charge in [0.05, 0.1) is 62.0 Å². The molecule has 0 saturated carbocycles. The Bertz CT molecular complexity index is 5750. The molecule has 0 unspecified atom stereocenters. The highest BCUT2D eigenvalue weighted by Crippen LogP contribution is 2.55. The molecule has 2 aliphatic rings. The summed E-state index contributed by atoms with van der Waals surface area (Å²) in [5.74, 6) is 2.83. The molecule has 550 valence electrons. The van der Waals surface area contributed by atoms with Crippen molar-refractivity contribution in [2.24, 2.45) is 0 Å². The molecule has 0 aliphatic carbocycles. The lowest BCUT2D eigenvalue weighted by atomic mass is 9.33. The molecule has 3 heterocycles. The van der Waals surface area contributed by atoms with Crippen molar-refractivity contribution in [2.45, 2.75) is 131 Å². The second-order valence-corrected chi connectivity index (χ2v) is 35.0. The number of fused-ring (bicyclic) bond motifs is 7. The molecular weight excluding hydrogens is 1340 g/mol. The van der Waals surface area contributed by atoms with Crippen molar-refractivity contribution < 1.29 is 24.4 Å². The molecule has 2 aliphatic heterocycles. The van der Waals surface area contributed by atoms with Crippen LogP contribution in [0.5, 0.6) is 23.0 Å². The number of benzene rings is 13. The van der Waals surface area contributed by atoms with Crippen LogP contribution in [0.15, 0.2) is 261 Å². The quantitative estimate of drug-likeness (QED) is 0.107. The maximum Gasteiger partial charge on any atom is 0.252 e. The van der Waals surface area contributed by atoms with Crippen LogP contribution in [-0.4, -0.2) is 39.7 Å². The van der Waals surface area contributed by atoms with Gasteiger partial charge in [0.15, 0.2) is 0 Å². The van der Waals surface area contributed by atoms with Gasteiger partial charge in [-0.25, -0.2) is 0 Å². The van der Waals surface area contributed by atoms with Gasteiger partial charge in [0.2, 0.25) is 0 Å². The van der Waals surface area contributed by atoms with Gasteiger partial charge in [-0.3, -0.25) is 0 Å². The number of ether oxygens (including phenoxy) is 4. The van der Waals surface area contributed by atoms with Crippen LogP contribution < -0.4 is 45.1 Å². The largest absolute Gasteiger partial charge is 0.497 e. The highest BCUT2D eigenvalue weighted by atomic mass is 16.5. The lowest BCUT2D eigenvalue weighted by Gasteiger charge is -2.46. The van der Waals surface area contributed by atoms with Gasteiger partial charge in [-0.2, -0.15) is 0 Å². The van der Waals surface area contributed by atoms with E-state index in [9.17, 15) is 5.48 Å². The third-order valence-electron chi connectivity index (χ3n) is 22.6. The van der Waals surface area contributed by atoms with Crippen LogP contribution in [0.3, 0.4) is 0 Å². The van der Waals surface area contributed by atoms with Gasteiger partial charge in [-0.1, -0.05) is 274 Å². The maximum absolute atomic E-state index is 10.3. The molecule has 0 radical (unpaired) electrons. The molecular formula is C102H100BN3O4. The number of rotatable bonds is 13. The van der Waals surface area contributed by atoms with Crippen LogP contribution in [0.1, 0.15) is 137 Å². The number of anilines is 6. The van der Waals surface area contributed by atoms with Crippen molar-refractivity contribution in [3.05, 3.63) is 289 Å². The highest BCUT2D eigenvalue weighted by molar-refractivity contribution is 7.00. The van der Waals surface area contributed by atoms with Gasteiger partial charge >= 0.3 is 0 Å². The molecule has 1 aromatic heterocycles. The molecule has 0 fully saturated rings. The van der Waals surface area contributed by atoms with Gasteiger partial charge in [0.1, 0.15) is 23.0 Å². The summed E-state index contributed by atoms with van der Waals surface area (Å²) in [5.41, 5.74) is 27.2. The summed E-state index contributed by atoms with van der Waals surface area (Å²) in [7, 11) is 6.87. The molecule has 0 saturated heterocycles. The van der Waals surface area contributed by atoms with E-state index in [1.165, 1.54) is 22.3 Å². The first kappa shape index (κ1) is 67.8. The third kappa shape index (κ3) is 13.0. The summed E-state index contributed by atoms with van der Waals surface area (Å²) in [6, 6.07) is 85.6. The Morgan fingerprint density at radius 1 is 0.291 bits per heavy atom. The molecule has 8 heteroatoms. The number of aromatic nitrogens is 1. The van der Waals surface area contributed by atoms with Gasteiger partial charge in [0.25, 0.3) is 6.71 Å². The van der Waals surface area contributed by atoms with Crippen molar-refractivity contribution in [1.29, 1.82) is 0 Å². The summed E-state index contributed by atoms with van der Waals surface area (Å²) in [5, 5.41) is 1.17. The molecule has 7 nitrogen and oxygen atoms in total. The fourth-order valence-corrected chi connectivity index (χ4v) is 16.4. The van der Waals surface area contributed by atoms with Gasteiger partial charge in [-0.05, 0) is 207 Å². The van der Waals surface area contributed by atoms with Gasteiger partial charge in [-0.15, -0.1) is 0 Å². The Morgan fingerprint density at radius 2 is 0.645 bits per heavy atom.